The van der Waals surface area contributed by atoms with Crippen LogP contribution >= 0.6 is 0 Å². The van der Waals surface area contributed by atoms with E-state index in [1.807, 2.05) is 34.6 Å². The summed E-state index contributed by atoms with van der Waals surface area (Å²) in [5.41, 5.74) is -3.78. The van der Waals surface area contributed by atoms with E-state index < -0.39 is 40.8 Å². The lowest BCUT2D eigenvalue weighted by atomic mass is 9.91. The average Bonchev–Trinajstić information content (AvgIpc) is 2.29. The topological polar surface area (TPSA) is 90.4 Å². The van der Waals surface area contributed by atoms with Crippen LogP contribution in [0.15, 0.2) is 15.8 Å². The number of aromatic nitrogens is 2. The average molecular weight is 358 g/mol. The number of carbonyl (C=O) groups is 1. The van der Waals surface area contributed by atoms with E-state index >= 15 is 0 Å². The highest BCUT2D eigenvalue weighted by Crippen LogP contribution is 2.30. The number of aromatic amines is 1. The Hall–Kier alpha value is -1.96. The van der Waals surface area contributed by atoms with Gasteiger partial charge in [0.2, 0.25) is 5.82 Å². The van der Waals surface area contributed by atoms with Crippen molar-refractivity contribution in [1.29, 1.82) is 0 Å². The lowest BCUT2D eigenvalue weighted by Crippen LogP contribution is -2.43. The fourth-order valence-corrected chi connectivity index (χ4v) is 3.01. The molecule has 0 fully saturated rings. The van der Waals surface area contributed by atoms with E-state index in [2.05, 4.69) is 0 Å². The number of hydrogen-bond acceptors (Lipinski definition) is 5. The molecular weight excluding hydrogens is 331 g/mol. The highest BCUT2D eigenvalue weighted by atomic mass is 19.1. The Labute approximate surface area is 146 Å². The number of carbonyl (C=O) groups excluding carboxylic acids is 1. The van der Waals surface area contributed by atoms with Crippen molar-refractivity contribution in [3.63, 3.8) is 0 Å². The van der Waals surface area contributed by atoms with Crippen LogP contribution in [-0.2, 0) is 20.8 Å². The molecule has 8 heteroatoms. The highest BCUT2D eigenvalue weighted by Gasteiger charge is 2.35. The second kappa shape index (κ2) is 7.11. The molecule has 0 bridgehead atoms. The summed E-state index contributed by atoms with van der Waals surface area (Å²) in [4.78, 5) is 36.5. The van der Waals surface area contributed by atoms with E-state index in [-0.39, 0.29) is 5.60 Å². The molecule has 0 spiro atoms. The van der Waals surface area contributed by atoms with Crippen LogP contribution in [-0.4, -0.2) is 32.3 Å². The molecule has 0 unspecified atom stereocenters. The SMILES string of the molecule is CC(C)(C)OC(C)(C)CC(C)(C)OC(=O)Cn1cc(F)c(=O)[nH]c1=O. The maximum atomic E-state index is 13.3. The molecule has 0 aliphatic heterocycles. The van der Waals surface area contributed by atoms with Crippen LogP contribution in [0.25, 0.3) is 0 Å². The van der Waals surface area contributed by atoms with Gasteiger partial charge in [0.05, 0.1) is 17.4 Å². The van der Waals surface area contributed by atoms with Crippen LogP contribution in [0.2, 0.25) is 0 Å². The van der Waals surface area contributed by atoms with Gasteiger partial charge in [-0.2, -0.15) is 4.39 Å². The van der Waals surface area contributed by atoms with E-state index in [4.69, 9.17) is 9.47 Å². The fraction of sp³-hybridized carbons (Fsp3) is 0.706. The minimum Gasteiger partial charge on any atom is -0.458 e. The largest absolute Gasteiger partial charge is 0.458 e. The zero-order chi connectivity index (χ0) is 19.6. The second-order valence-corrected chi connectivity index (χ2v) is 8.25. The minimum absolute atomic E-state index is 0.357. The third-order valence-electron chi connectivity index (χ3n) is 3.09. The van der Waals surface area contributed by atoms with Crippen LogP contribution in [0.1, 0.15) is 54.9 Å². The number of H-pyrrole nitrogens is 1. The van der Waals surface area contributed by atoms with Gasteiger partial charge >= 0.3 is 11.7 Å². The first-order valence-electron chi connectivity index (χ1n) is 8.02. The maximum Gasteiger partial charge on any atom is 0.329 e. The summed E-state index contributed by atoms with van der Waals surface area (Å²) in [6, 6.07) is 0. The van der Waals surface area contributed by atoms with Crippen molar-refractivity contribution >= 4 is 5.97 Å². The van der Waals surface area contributed by atoms with Crippen molar-refractivity contribution in [2.75, 3.05) is 0 Å². The number of nitrogens with one attached hydrogen (secondary N) is 1. The fourth-order valence-electron chi connectivity index (χ4n) is 3.01. The zero-order valence-electron chi connectivity index (χ0n) is 15.9. The molecule has 1 N–H and O–H groups in total. The number of ether oxygens (including phenoxy) is 2. The Balaban J connectivity index is 2.80. The van der Waals surface area contributed by atoms with Crippen molar-refractivity contribution in [2.45, 2.75) is 78.2 Å². The second-order valence-electron chi connectivity index (χ2n) is 8.25. The molecule has 0 radical (unpaired) electrons. The van der Waals surface area contributed by atoms with Crippen LogP contribution < -0.4 is 11.2 Å². The molecule has 142 valence electrons. The van der Waals surface area contributed by atoms with Gasteiger partial charge in [0, 0.05) is 6.42 Å². The molecule has 1 aromatic heterocycles. The van der Waals surface area contributed by atoms with Gasteiger partial charge in [0.1, 0.15) is 12.1 Å². The van der Waals surface area contributed by atoms with Crippen molar-refractivity contribution < 1.29 is 18.7 Å². The molecule has 0 amide bonds. The number of nitrogens with zero attached hydrogens (tertiary/aromatic N) is 1. The van der Waals surface area contributed by atoms with Gasteiger partial charge in [-0.15, -0.1) is 0 Å². The lowest BCUT2D eigenvalue weighted by molar-refractivity contribution is -0.172. The third-order valence-corrected chi connectivity index (χ3v) is 3.09. The summed E-state index contributed by atoms with van der Waals surface area (Å²) in [7, 11) is 0. The van der Waals surface area contributed by atoms with E-state index in [1.54, 1.807) is 18.8 Å². The van der Waals surface area contributed by atoms with Crippen LogP contribution in [0.5, 0.6) is 0 Å². The molecule has 0 saturated carbocycles. The molecule has 0 aliphatic rings. The lowest BCUT2D eigenvalue weighted by Gasteiger charge is -2.39. The van der Waals surface area contributed by atoms with Crippen LogP contribution in [0.3, 0.4) is 0 Å². The number of halogens is 1. The maximum absolute atomic E-state index is 13.3. The highest BCUT2D eigenvalue weighted by molar-refractivity contribution is 5.69. The predicted octanol–water partition coefficient (Wildman–Crippen LogP) is 1.98. The van der Waals surface area contributed by atoms with Crippen LogP contribution in [0, 0.1) is 5.82 Å². The van der Waals surface area contributed by atoms with Crippen molar-refractivity contribution in [3.05, 3.63) is 32.9 Å². The summed E-state index contributed by atoms with van der Waals surface area (Å²) in [5.74, 6) is -1.86. The summed E-state index contributed by atoms with van der Waals surface area (Å²) < 4.78 is 25.4. The van der Waals surface area contributed by atoms with Gasteiger partial charge in [0.25, 0.3) is 5.56 Å². The van der Waals surface area contributed by atoms with Crippen molar-refractivity contribution in [1.82, 2.24) is 9.55 Å². The molecule has 1 heterocycles. The molecule has 7 nitrogen and oxygen atoms in total. The summed E-state index contributed by atoms with van der Waals surface area (Å²) in [6.07, 6.45) is 1.10. The Kier molecular flexibility index (Phi) is 6.00. The monoisotopic (exact) mass is 358 g/mol. The number of rotatable bonds is 6. The van der Waals surface area contributed by atoms with Gasteiger partial charge in [-0.25, -0.2) is 4.79 Å². The predicted molar refractivity (Wildman–Crippen MR) is 91.0 cm³/mol. The van der Waals surface area contributed by atoms with Crippen LogP contribution in [0.4, 0.5) is 4.39 Å². The molecule has 1 aromatic rings. The first-order chi connectivity index (χ1) is 11.1. The molecule has 0 aromatic carbocycles. The van der Waals surface area contributed by atoms with Gasteiger partial charge in [-0.3, -0.25) is 19.1 Å². The van der Waals surface area contributed by atoms with E-state index in [0.717, 1.165) is 4.57 Å². The summed E-state index contributed by atoms with van der Waals surface area (Å²) in [6.45, 7) is 12.6. The Bertz CT molecular complexity index is 741. The van der Waals surface area contributed by atoms with Crippen molar-refractivity contribution in [2.24, 2.45) is 0 Å². The Morgan fingerprint density at radius 2 is 1.68 bits per heavy atom. The zero-order valence-corrected chi connectivity index (χ0v) is 15.9. The Morgan fingerprint density at radius 3 is 2.20 bits per heavy atom. The molecule has 25 heavy (non-hydrogen) atoms. The van der Waals surface area contributed by atoms with Gasteiger partial charge in [-0.1, -0.05) is 0 Å². The number of esters is 1. The quantitative estimate of drug-likeness (QED) is 0.785. The van der Waals surface area contributed by atoms with E-state index in [0.29, 0.717) is 12.6 Å². The molecular formula is C17H27FN2O5. The first kappa shape index (κ1) is 21.1. The Morgan fingerprint density at radius 1 is 1.12 bits per heavy atom. The molecule has 0 saturated heterocycles. The molecule has 0 aliphatic carbocycles. The molecule has 0 atom stereocenters. The first-order valence-corrected chi connectivity index (χ1v) is 8.02. The van der Waals surface area contributed by atoms with E-state index in [9.17, 15) is 18.8 Å². The van der Waals surface area contributed by atoms with Gasteiger partial charge in [-0.05, 0) is 48.5 Å². The van der Waals surface area contributed by atoms with Gasteiger partial charge < -0.3 is 9.47 Å². The van der Waals surface area contributed by atoms with Crippen molar-refractivity contribution in [3.8, 4) is 0 Å². The summed E-state index contributed by atoms with van der Waals surface area (Å²) >= 11 is 0. The number of hydrogen-bond donors (Lipinski definition) is 1. The smallest absolute Gasteiger partial charge is 0.329 e. The van der Waals surface area contributed by atoms with E-state index in [1.165, 1.54) is 0 Å². The normalized spacial score (nSPS) is 13.0. The standard InChI is InChI=1S/C17H27FN2O5/c1-15(2,3)25-17(6,7)10-16(4,5)24-12(21)9-20-8-11(18)13(22)19-14(20)23/h8H,9-10H2,1-7H3,(H,19,22,23). The van der Waals surface area contributed by atoms with Gasteiger partial charge in [0.15, 0.2) is 0 Å². The molecule has 1 rings (SSSR count). The summed E-state index contributed by atoms with van der Waals surface area (Å²) in [5, 5.41) is 0. The third kappa shape index (κ3) is 7.21. The minimum atomic E-state index is -1.15.